The number of nitrogens with one attached hydrogen (secondary N) is 1. The van der Waals surface area contributed by atoms with Gasteiger partial charge in [-0.1, -0.05) is 5.92 Å². The van der Waals surface area contributed by atoms with E-state index in [0.29, 0.717) is 0 Å². The predicted molar refractivity (Wildman–Crippen MR) is 40.9 cm³/mol. The SMILES string of the molecule is C#CC(C)(C)NS(C)(=O)=O. The molecule has 0 aromatic heterocycles. The summed E-state index contributed by atoms with van der Waals surface area (Å²) in [5.41, 5.74) is -0.784. The smallest absolute Gasteiger partial charge is 0.209 e. The Morgan fingerprint density at radius 3 is 2.00 bits per heavy atom. The number of sulfonamides is 1. The third-order valence-electron chi connectivity index (χ3n) is 0.801. The number of hydrogen-bond donors (Lipinski definition) is 1. The molecular formula is C6H11NO2S. The zero-order valence-corrected chi connectivity index (χ0v) is 7.12. The molecule has 10 heavy (non-hydrogen) atoms. The topological polar surface area (TPSA) is 46.2 Å². The fourth-order valence-corrected chi connectivity index (χ4v) is 1.48. The minimum atomic E-state index is -3.19. The van der Waals surface area contributed by atoms with Crippen LogP contribution in [0.1, 0.15) is 13.8 Å². The molecule has 3 nitrogen and oxygen atoms in total. The molecule has 0 bridgehead atoms. The van der Waals surface area contributed by atoms with Gasteiger partial charge in [0.1, 0.15) is 0 Å². The molecule has 1 N–H and O–H groups in total. The van der Waals surface area contributed by atoms with Gasteiger partial charge in [0.2, 0.25) is 10.0 Å². The molecular weight excluding hydrogens is 150 g/mol. The third kappa shape index (κ3) is 4.36. The van der Waals surface area contributed by atoms with Gasteiger partial charge in [-0.25, -0.2) is 8.42 Å². The van der Waals surface area contributed by atoms with Crippen molar-refractivity contribution in [3.63, 3.8) is 0 Å². The summed E-state index contributed by atoms with van der Waals surface area (Å²) in [6.45, 7) is 3.24. The lowest BCUT2D eigenvalue weighted by molar-refractivity contribution is 0.544. The van der Waals surface area contributed by atoms with Gasteiger partial charge in [0, 0.05) is 0 Å². The molecule has 0 aliphatic rings. The Balaban J connectivity index is 4.35. The molecule has 0 saturated heterocycles. The summed E-state index contributed by atoms with van der Waals surface area (Å²) in [6, 6.07) is 0. The summed E-state index contributed by atoms with van der Waals surface area (Å²) in [6.07, 6.45) is 6.11. The lowest BCUT2D eigenvalue weighted by Gasteiger charge is -2.16. The standard InChI is InChI=1S/C6H11NO2S/c1-5-6(2,3)7-10(4,8)9/h1,7H,2-4H3. The van der Waals surface area contributed by atoms with Gasteiger partial charge in [-0.2, -0.15) is 4.72 Å². The van der Waals surface area contributed by atoms with Crippen molar-refractivity contribution in [2.75, 3.05) is 6.26 Å². The van der Waals surface area contributed by atoms with Crippen LogP contribution in [-0.2, 0) is 10.0 Å². The fourth-order valence-electron chi connectivity index (χ4n) is 0.493. The Kier molecular flexibility index (Phi) is 2.47. The van der Waals surface area contributed by atoms with Crippen LogP contribution in [0.5, 0.6) is 0 Å². The van der Waals surface area contributed by atoms with E-state index in [4.69, 9.17) is 6.42 Å². The molecule has 0 fully saturated rings. The predicted octanol–water partition coefficient (Wildman–Crippen LogP) is -0.0526. The maximum Gasteiger partial charge on any atom is 0.209 e. The molecule has 58 valence electrons. The van der Waals surface area contributed by atoms with Crippen molar-refractivity contribution in [1.29, 1.82) is 0 Å². The summed E-state index contributed by atoms with van der Waals surface area (Å²) in [5, 5.41) is 0. The lowest BCUT2D eigenvalue weighted by Crippen LogP contribution is -2.41. The summed E-state index contributed by atoms with van der Waals surface area (Å²) in [5.74, 6) is 2.31. The zero-order valence-electron chi connectivity index (χ0n) is 6.30. The lowest BCUT2D eigenvalue weighted by atomic mass is 10.1. The van der Waals surface area contributed by atoms with E-state index in [1.807, 2.05) is 0 Å². The van der Waals surface area contributed by atoms with Crippen LogP contribution in [0.25, 0.3) is 0 Å². The maximum absolute atomic E-state index is 10.6. The average Bonchev–Trinajstić information content (AvgIpc) is 1.60. The van der Waals surface area contributed by atoms with Crippen LogP contribution in [0.2, 0.25) is 0 Å². The minimum Gasteiger partial charge on any atom is -0.213 e. The van der Waals surface area contributed by atoms with Gasteiger partial charge in [0.05, 0.1) is 11.8 Å². The van der Waals surface area contributed by atoms with Crippen molar-refractivity contribution in [1.82, 2.24) is 4.72 Å². The molecule has 0 aromatic carbocycles. The van der Waals surface area contributed by atoms with Crippen molar-refractivity contribution in [3.05, 3.63) is 0 Å². The molecule has 0 aliphatic heterocycles. The number of rotatable bonds is 2. The minimum absolute atomic E-state index is 0.784. The highest BCUT2D eigenvalue weighted by atomic mass is 32.2. The number of terminal acetylenes is 1. The van der Waals surface area contributed by atoms with Crippen molar-refractivity contribution in [3.8, 4) is 12.3 Å². The first-order valence-corrected chi connectivity index (χ1v) is 4.63. The Labute approximate surface area is 61.9 Å². The average molecular weight is 161 g/mol. The molecule has 0 heterocycles. The summed E-state index contributed by atoms with van der Waals surface area (Å²) in [4.78, 5) is 0. The fraction of sp³-hybridized carbons (Fsp3) is 0.667. The molecule has 0 radical (unpaired) electrons. The molecule has 0 atom stereocenters. The van der Waals surface area contributed by atoms with E-state index in [2.05, 4.69) is 10.6 Å². The van der Waals surface area contributed by atoms with Gasteiger partial charge >= 0.3 is 0 Å². The zero-order chi connectivity index (χ0) is 8.41. The Bertz CT molecular complexity index is 245. The summed E-state index contributed by atoms with van der Waals surface area (Å²) >= 11 is 0. The molecule has 4 heteroatoms. The van der Waals surface area contributed by atoms with E-state index < -0.39 is 15.6 Å². The van der Waals surface area contributed by atoms with E-state index >= 15 is 0 Å². The second-order valence-electron chi connectivity index (χ2n) is 2.64. The quantitative estimate of drug-likeness (QED) is 0.577. The molecule has 0 spiro atoms. The third-order valence-corrected chi connectivity index (χ3v) is 1.68. The van der Waals surface area contributed by atoms with E-state index in [-0.39, 0.29) is 0 Å². The van der Waals surface area contributed by atoms with Crippen LogP contribution in [0.15, 0.2) is 0 Å². The highest BCUT2D eigenvalue weighted by Gasteiger charge is 2.17. The first kappa shape index (κ1) is 9.47. The first-order valence-electron chi connectivity index (χ1n) is 2.73. The Morgan fingerprint density at radius 1 is 1.50 bits per heavy atom. The van der Waals surface area contributed by atoms with E-state index in [9.17, 15) is 8.42 Å². The number of hydrogen-bond acceptors (Lipinski definition) is 2. The van der Waals surface area contributed by atoms with Crippen LogP contribution in [-0.4, -0.2) is 20.2 Å². The largest absolute Gasteiger partial charge is 0.213 e. The first-order chi connectivity index (χ1) is 4.27. The second kappa shape index (κ2) is 2.60. The van der Waals surface area contributed by atoms with Gasteiger partial charge in [-0.3, -0.25) is 0 Å². The van der Waals surface area contributed by atoms with E-state index in [1.165, 1.54) is 0 Å². The van der Waals surface area contributed by atoms with Gasteiger partial charge in [-0.05, 0) is 13.8 Å². The molecule has 0 unspecified atom stereocenters. The molecule has 0 rings (SSSR count). The van der Waals surface area contributed by atoms with Gasteiger partial charge < -0.3 is 0 Å². The molecule has 0 saturated carbocycles. The van der Waals surface area contributed by atoms with E-state index in [1.54, 1.807) is 13.8 Å². The van der Waals surface area contributed by atoms with Gasteiger partial charge in [0.25, 0.3) is 0 Å². The Morgan fingerprint density at radius 2 is 1.90 bits per heavy atom. The summed E-state index contributed by atoms with van der Waals surface area (Å²) in [7, 11) is -3.19. The van der Waals surface area contributed by atoms with Crippen LogP contribution in [0.3, 0.4) is 0 Å². The van der Waals surface area contributed by atoms with Crippen LogP contribution in [0, 0.1) is 12.3 Å². The van der Waals surface area contributed by atoms with Crippen molar-refractivity contribution >= 4 is 10.0 Å². The monoisotopic (exact) mass is 161 g/mol. The molecule has 0 amide bonds. The van der Waals surface area contributed by atoms with Crippen LogP contribution < -0.4 is 4.72 Å². The normalized spacial score (nSPS) is 12.6. The van der Waals surface area contributed by atoms with Crippen molar-refractivity contribution < 1.29 is 8.42 Å². The van der Waals surface area contributed by atoms with Crippen molar-refractivity contribution in [2.24, 2.45) is 0 Å². The Hall–Kier alpha value is -0.530. The van der Waals surface area contributed by atoms with E-state index in [0.717, 1.165) is 6.26 Å². The summed E-state index contributed by atoms with van der Waals surface area (Å²) < 4.78 is 23.5. The molecule has 0 aliphatic carbocycles. The maximum atomic E-state index is 10.6. The molecule has 0 aromatic rings. The highest BCUT2D eigenvalue weighted by molar-refractivity contribution is 7.88. The van der Waals surface area contributed by atoms with Crippen molar-refractivity contribution in [2.45, 2.75) is 19.4 Å². The highest BCUT2D eigenvalue weighted by Crippen LogP contribution is 1.99. The van der Waals surface area contributed by atoms with Gasteiger partial charge in [0.15, 0.2) is 0 Å². The van der Waals surface area contributed by atoms with Crippen LogP contribution >= 0.6 is 0 Å². The van der Waals surface area contributed by atoms with Crippen LogP contribution in [0.4, 0.5) is 0 Å². The van der Waals surface area contributed by atoms with Gasteiger partial charge in [-0.15, -0.1) is 6.42 Å². The second-order valence-corrected chi connectivity index (χ2v) is 4.39.